The van der Waals surface area contributed by atoms with Crippen LogP contribution in [-0.2, 0) is 23.8 Å². The Labute approximate surface area is 492 Å². The predicted octanol–water partition coefficient (Wildman–Crippen LogP) is 17.2. The van der Waals surface area contributed by atoms with E-state index in [0.717, 1.165) is 57.8 Å². The summed E-state index contributed by atoms with van der Waals surface area (Å²) < 4.78 is 16.7. The van der Waals surface area contributed by atoms with E-state index in [9.17, 15) is 35.1 Å². The molecule has 1 heterocycles. The van der Waals surface area contributed by atoms with Crippen LogP contribution in [-0.4, -0.2) is 100 Å². The molecule has 1 fully saturated rings. The second-order valence-corrected chi connectivity index (χ2v) is 24.2. The molecular weight excluding hydrogens is 1000 g/mol. The predicted molar refractivity (Wildman–Crippen MR) is 334 cm³/mol. The van der Waals surface area contributed by atoms with Gasteiger partial charge in [-0.2, -0.15) is 0 Å². The van der Waals surface area contributed by atoms with Gasteiger partial charge in [0.25, 0.3) is 0 Å². The first kappa shape index (κ1) is 76.2. The van der Waals surface area contributed by atoms with Crippen LogP contribution in [0.3, 0.4) is 0 Å². The van der Waals surface area contributed by atoms with E-state index in [2.05, 4.69) is 31.3 Å². The van der Waals surface area contributed by atoms with Gasteiger partial charge < -0.3 is 45.1 Å². The van der Waals surface area contributed by atoms with Crippen molar-refractivity contribution in [3.8, 4) is 0 Å². The van der Waals surface area contributed by atoms with Crippen LogP contribution in [0.4, 0.5) is 0 Å². The van der Waals surface area contributed by atoms with Gasteiger partial charge in [0.05, 0.1) is 32.0 Å². The lowest BCUT2D eigenvalue weighted by atomic mass is 9.99. The molecule has 0 aromatic rings. The largest absolute Gasteiger partial charge is 0.466 e. The summed E-state index contributed by atoms with van der Waals surface area (Å²) in [5.41, 5.74) is 0. The molecule has 1 aliphatic rings. The Bertz CT molecular complexity index is 1380. The van der Waals surface area contributed by atoms with Crippen molar-refractivity contribution >= 4 is 11.9 Å². The smallest absolute Gasteiger partial charge is 0.305 e. The number of allylic oxidation sites excluding steroid dienone is 3. The molecule has 0 aliphatic carbocycles. The summed E-state index contributed by atoms with van der Waals surface area (Å²) in [5.74, 6) is -0.172. The van der Waals surface area contributed by atoms with Crippen molar-refractivity contribution in [2.45, 2.75) is 384 Å². The van der Waals surface area contributed by atoms with Crippen molar-refractivity contribution in [3.63, 3.8) is 0 Å². The summed E-state index contributed by atoms with van der Waals surface area (Å²) in [6.07, 6.45) is 63.0. The van der Waals surface area contributed by atoms with E-state index in [1.165, 1.54) is 257 Å². The Morgan fingerprint density at radius 3 is 1.20 bits per heavy atom. The van der Waals surface area contributed by atoms with Crippen molar-refractivity contribution in [2.75, 3.05) is 19.8 Å². The summed E-state index contributed by atoms with van der Waals surface area (Å²) in [5, 5.41) is 54.4. The molecule has 0 bridgehead atoms. The number of hydrogen-bond acceptors (Lipinski definition) is 10. The van der Waals surface area contributed by atoms with Crippen molar-refractivity contribution in [3.05, 3.63) is 24.3 Å². The second-order valence-electron chi connectivity index (χ2n) is 24.2. The molecule has 1 rings (SSSR count). The Morgan fingerprint density at radius 2 is 0.800 bits per heavy atom. The maximum atomic E-state index is 13.1. The Kier molecular flexibility index (Phi) is 56.1. The lowest BCUT2D eigenvalue weighted by Crippen LogP contribution is -2.60. The summed E-state index contributed by atoms with van der Waals surface area (Å²) in [6, 6.07) is -0.808. The fraction of sp³-hybridized carbons (Fsp3) is 0.913. The number of amides is 1. The lowest BCUT2D eigenvalue weighted by Gasteiger charge is -2.40. The van der Waals surface area contributed by atoms with E-state index in [4.69, 9.17) is 14.2 Å². The minimum absolute atomic E-state index is 0.00792. The van der Waals surface area contributed by atoms with Gasteiger partial charge in [0.2, 0.25) is 5.91 Å². The third-order valence-corrected chi connectivity index (χ3v) is 16.6. The highest BCUT2D eigenvalue weighted by Crippen LogP contribution is 2.23. The number of carbonyl (C=O) groups excluding carboxylic acids is 2. The molecule has 0 radical (unpaired) electrons. The molecular formula is C69H131NO10. The normalized spacial score (nSPS) is 18.4. The molecule has 472 valence electrons. The molecule has 6 N–H and O–H groups in total. The molecule has 0 spiro atoms. The summed E-state index contributed by atoms with van der Waals surface area (Å²) in [4.78, 5) is 25.1. The second kappa shape index (κ2) is 58.9. The van der Waals surface area contributed by atoms with Crippen LogP contribution < -0.4 is 5.32 Å². The zero-order valence-electron chi connectivity index (χ0n) is 52.3. The number of rotatable bonds is 61. The van der Waals surface area contributed by atoms with Gasteiger partial charge in [-0.1, -0.05) is 295 Å². The van der Waals surface area contributed by atoms with Crippen molar-refractivity contribution in [1.82, 2.24) is 5.32 Å². The fourth-order valence-corrected chi connectivity index (χ4v) is 11.1. The summed E-state index contributed by atoms with van der Waals surface area (Å²) >= 11 is 0. The Balaban J connectivity index is 1.97. The number of esters is 1. The monoisotopic (exact) mass is 1130 g/mol. The van der Waals surface area contributed by atoms with Gasteiger partial charge in [-0.05, 0) is 57.8 Å². The van der Waals surface area contributed by atoms with Crippen LogP contribution >= 0.6 is 0 Å². The maximum absolute atomic E-state index is 13.1. The fourth-order valence-electron chi connectivity index (χ4n) is 11.1. The van der Waals surface area contributed by atoms with Crippen molar-refractivity contribution in [1.29, 1.82) is 0 Å². The van der Waals surface area contributed by atoms with E-state index in [1.54, 1.807) is 6.08 Å². The van der Waals surface area contributed by atoms with E-state index >= 15 is 0 Å². The number of ether oxygens (including phenoxy) is 3. The van der Waals surface area contributed by atoms with Crippen LogP contribution in [0.15, 0.2) is 24.3 Å². The molecule has 1 amide bonds. The quantitative estimate of drug-likeness (QED) is 0.0195. The minimum atomic E-state index is -1.57. The summed E-state index contributed by atoms with van der Waals surface area (Å²) in [7, 11) is 0. The molecule has 80 heavy (non-hydrogen) atoms. The number of nitrogens with one attached hydrogen (secondary N) is 1. The van der Waals surface area contributed by atoms with Crippen LogP contribution in [0.25, 0.3) is 0 Å². The molecule has 11 heteroatoms. The van der Waals surface area contributed by atoms with Gasteiger partial charge in [-0.15, -0.1) is 0 Å². The minimum Gasteiger partial charge on any atom is -0.466 e. The first-order valence-corrected chi connectivity index (χ1v) is 34.6. The number of carbonyl (C=O) groups is 2. The molecule has 0 saturated carbocycles. The average Bonchev–Trinajstić information content (AvgIpc) is 3.46. The van der Waals surface area contributed by atoms with Crippen LogP contribution in [0, 0.1) is 0 Å². The maximum Gasteiger partial charge on any atom is 0.305 e. The van der Waals surface area contributed by atoms with Crippen LogP contribution in [0.5, 0.6) is 0 Å². The van der Waals surface area contributed by atoms with E-state index in [0.29, 0.717) is 19.4 Å². The molecule has 1 aliphatic heterocycles. The zero-order chi connectivity index (χ0) is 58.0. The molecule has 7 unspecified atom stereocenters. The van der Waals surface area contributed by atoms with Gasteiger partial charge in [-0.25, -0.2) is 0 Å². The third-order valence-electron chi connectivity index (χ3n) is 16.6. The van der Waals surface area contributed by atoms with Gasteiger partial charge in [0.15, 0.2) is 6.29 Å². The number of aliphatic hydroxyl groups is 5. The SMILES string of the molecule is CCCCCCCCCCCC/C=C/C(O)C(COC1OC(CO)C(O)C(O)C1O)NC(=O)CCCCCCCCCCCCCCC/C=C\CCCCCCCCCCCCCCOC(=O)CCCCCCCCCCCCC. The summed E-state index contributed by atoms with van der Waals surface area (Å²) in [6.45, 7) is 4.37. The van der Waals surface area contributed by atoms with E-state index in [-0.39, 0.29) is 18.5 Å². The van der Waals surface area contributed by atoms with Gasteiger partial charge in [0, 0.05) is 12.8 Å². The highest BCUT2D eigenvalue weighted by atomic mass is 16.7. The molecule has 11 nitrogen and oxygen atoms in total. The van der Waals surface area contributed by atoms with Crippen LogP contribution in [0.1, 0.15) is 341 Å². The van der Waals surface area contributed by atoms with E-state index in [1.807, 2.05) is 6.08 Å². The molecule has 1 saturated heterocycles. The van der Waals surface area contributed by atoms with E-state index < -0.39 is 49.5 Å². The van der Waals surface area contributed by atoms with Crippen molar-refractivity contribution < 1.29 is 49.3 Å². The highest BCUT2D eigenvalue weighted by molar-refractivity contribution is 5.76. The average molecular weight is 1130 g/mol. The lowest BCUT2D eigenvalue weighted by molar-refractivity contribution is -0.302. The Morgan fingerprint density at radius 1 is 0.450 bits per heavy atom. The molecule has 0 aromatic heterocycles. The third kappa shape index (κ3) is 47.5. The number of hydrogen-bond donors (Lipinski definition) is 6. The molecule has 0 aromatic carbocycles. The zero-order valence-corrected chi connectivity index (χ0v) is 52.3. The Hall–Kier alpha value is -1.86. The molecule has 7 atom stereocenters. The standard InChI is InChI=1S/C69H131NO10/c1-3-5-7-9-11-13-15-36-39-43-47-51-55-62(72)61(60-79-69-68(77)67(76)66(75)63(59-71)80-69)70-64(73)56-52-48-44-40-37-33-31-29-27-25-23-21-19-17-16-18-20-22-24-26-28-30-32-34-38-42-46-50-54-58-78-65(74)57-53-49-45-41-35-14-12-10-8-6-4-2/h16,18,51,55,61-63,66-69,71-72,75-77H,3-15,17,19-50,52-54,56-60H2,1-2H3,(H,70,73)/b18-16-,55-51+. The highest BCUT2D eigenvalue weighted by Gasteiger charge is 2.44. The first-order chi connectivity index (χ1) is 39.2. The van der Waals surface area contributed by atoms with Gasteiger partial charge in [0.1, 0.15) is 24.4 Å². The van der Waals surface area contributed by atoms with Crippen LogP contribution in [0.2, 0.25) is 0 Å². The van der Waals surface area contributed by atoms with Crippen molar-refractivity contribution in [2.24, 2.45) is 0 Å². The number of aliphatic hydroxyl groups excluding tert-OH is 5. The first-order valence-electron chi connectivity index (χ1n) is 34.6. The topological polar surface area (TPSA) is 175 Å². The van der Waals surface area contributed by atoms with Gasteiger partial charge >= 0.3 is 5.97 Å². The van der Waals surface area contributed by atoms with Gasteiger partial charge in [-0.3, -0.25) is 9.59 Å². The number of unbranched alkanes of at least 4 members (excludes halogenated alkanes) is 45.